The SMILES string of the molecule is [2H]c1c([2H])c(N(c2ccc(-c3ccccc3)cc2)c2ccc(-c3c(-c4ccccc4)ccc4ccccc34)cc2)c([2H])c([2H])c1-c1ccc(-c2ccccc2)c(-c2ccccc2)c1. The van der Waals surface area contributed by atoms with Crippen LogP contribution < -0.4 is 4.90 Å². The van der Waals surface area contributed by atoms with Gasteiger partial charge in [-0.15, -0.1) is 0 Å². The minimum atomic E-state index is -0.129. The zero-order valence-electron chi connectivity index (χ0n) is 36.3. The minimum absolute atomic E-state index is 0.108. The van der Waals surface area contributed by atoms with E-state index in [0.717, 1.165) is 66.4 Å². The van der Waals surface area contributed by atoms with E-state index in [1.807, 2.05) is 120 Å². The quantitative estimate of drug-likeness (QED) is 0.142. The fourth-order valence-electron chi connectivity index (χ4n) is 8.05. The Hall–Kier alpha value is -7.74. The summed E-state index contributed by atoms with van der Waals surface area (Å²) in [6.07, 6.45) is 0. The highest BCUT2D eigenvalue weighted by Crippen LogP contribution is 2.42. The van der Waals surface area contributed by atoms with Crippen molar-refractivity contribution in [1.29, 1.82) is 0 Å². The van der Waals surface area contributed by atoms with Gasteiger partial charge >= 0.3 is 0 Å². The second-order valence-electron chi connectivity index (χ2n) is 14.6. The van der Waals surface area contributed by atoms with Crippen LogP contribution in [-0.4, -0.2) is 0 Å². The van der Waals surface area contributed by atoms with Crippen LogP contribution in [0.2, 0.25) is 0 Å². The number of hydrogen-bond acceptors (Lipinski definition) is 1. The summed E-state index contributed by atoms with van der Waals surface area (Å²) in [5.74, 6) is 0. The van der Waals surface area contributed by atoms with Gasteiger partial charge in [0.2, 0.25) is 0 Å². The highest BCUT2D eigenvalue weighted by atomic mass is 15.1. The summed E-state index contributed by atoms with van der Waals surface area (Å²) in [4.78, 5) is 1.86. The van der Waals surface area contributed by atoms with Gasteiger partial charge in [-0.3, -0.25) is 0 Å². The van der Waals surface area contributed by atoms with Crippen LogP contribution in [0.1, 0.15) is 5.48 Å². The lowest BCUT2D eigenvalue weighted by Gasteiger charge is -2.26. The van der Waals surface area contributed by atoms with Gasteiger partial charge in [-0.2, -0.15) is 0 Å². The summed E-state index contributed by atoms with van der Waals surface area (Å²) in [6.45, 7) is 0. The van der Waals surface area contributed by atoms with Crippen LogP contribution in [0.3, 0.4) is 0 Å². The first-order valence-electron chi connectivity index (χ1n) is 21.9. The van der Waals surface area contributed by atoms with Crippen molar-refractivity contribution in [3.05, 3.63) is 249 Å². The maximum atomic E-state index is 9.68. The summed E-state index contributed by atoms with van der Waals surface area (Å²) in [5.41, 5.74) is 13.0. The molecule has 0 aliphatic rings. The monoisotopic (exact) mass is 755 g/mol. The molecule has 59 heavy (non-hydrogen) atoms. The predicted octanol–water partition coefficient (Wildman–Crippen LogP) is 16.3. The second-order valence-corrected chi connectivity index (χ2v) is 14.6. The first-order chi connectivity index (χ1) is 30.9. The Labute approximate surface area is 352 Å². The fraction of sp³-hybridized carbons (Fsp3) is 0. The van der Waals surface area contributed by atoms with Crippen LogP contribution in [0.4, 0.5) is 17.1 Å². The van der Waals surface area contributed by atoms with Crippen molar-refractivity contribution in [2.45, 2.75) is 0 Å². The minimum Gasteiger partial charge on any atom is -0.311 e. The summed E-state index contributed by atoms with van der Waals surface area (Å²) >= 11 is 0. The number of rotatable bonds is 9. The van der Waals surface area contributed by atoms with Crippen molar-refractivity contribution < 1.29 is 5.48 Å². The summed E-state index contributed by atoms with van der Waals surface area (Å²) < 4.78 is 38.5. The topological polar surface area (TPSA) is 3.24 Å². The molecule has 0 N–H and O–H groups in total. The van der Waals surface area contributed by atoms with Gasteiger partial charge in [0.15, 0.2) is 0 Å². The third-order valence-corrected chi connectivity index (χ3v) is 11.0. The molecule has 1 heteroatoms. The first-order valence-corrected chi connectivity index (χ1v) is 19.9. The van der Waals surface area contributed by atoms with E-state index in [0.29, 0.717) is 16.9 Å². The molecule has 0 unspecified atom stereocenters. The molecule has 278 valence electrons. The molecule has 10 rings (SSSR count). The molecule has 10 aromatic carbocycles. The lowest BCUT2D eigenvalue weighted by Crippen LogP contribution is -2.09. The molecule has 0 aliphatic carbocycles. The number of hydrogen-bond donors (Lipinski definition) is 0. The zero-order valence-corrected chi connectivity index (χ0v) is 32.3. The van der Waals surface area contributed by atoms with E-state index < -0.39 is 0 Å². The van der Waals surface area contributed by atoms with Gasteiger partial charge in [-0.1, -0.05) is 206 Å². The fourth-order valence-corrected chi connectivity index (χ4v) is 8.05. The van der Waals surface area contributed by atoms with Crippen molar-refractivity contribution >= 4 is 27.8 Å². The average molecular weight is 756 g/mol. The van der Waals surface area contributed by atoms with E-state index >= 15 is 0 Å². The van der Waals surface area contributed by atoms with Gasteiger partial charge in [0.25, 0.3) is 0 Å². The predicted molar refractivity (Wildman–Crippen MR) is 251 cm³/mol. The van der Waals surface area contributed by atoms with Crippen LogP contribution in [0, 0.1) is 0 Å². The van der Waals surface area contributed by atoms with Crippen molar-refractivity contribution in [2.24, 2.45) is 0 Å². The third kappa shape index (κ3) is 7.23. The van der Waals surface area contributed by atoms with E-state index in [1.54, 1.807) is 0 Å². The van der Waals surface area contributed by atoms with Crippen LogP contribution in [0.25, 0.3) is 77.5 Å². The van der Waals surface area contributed by atoms with Crippen molar-refractivity contribution in [1.82, 2.24) is 0 Å². The van der Waals surface area contributed by atoms with Gasteiger partial charge in [0, 0.05) is 17.1 Å². The zero-order chi connectivity index (χ0) is 42.9. The van der Waals surface area contributed by atoms with Gasteiger partial charge in [-0.25, -0.2) is 0 Å². The van der Waals surface area contributed by atoms with Crippen LogP contribution in [0.15, 0.2) is 249 Å². The third-order valence-electron chi connectivity index (χ3n) is 11.0. The number of nitrogens with zero attached hydrogens (tertiary/aromatic N) is 1. The van der Waals surface area contributed by atoms with Crippen molar-refractivity contribution in [3.8, 4) is 66.8 Å². The molecule has 0 amide bonds. The Bertz CT molecular complexity index is 3200. The molecule has 0 aromatic heterocycles. The maximum absolute atomic E-state index is 9.68. The largest absolute Gasteiger partial charge is 0.311 e. The van der Waals surface area contributed by atoms with E-state index in [2.05, 4.69) is 109 Å². The second kappa shape index (κ2) is 16.0. The van der Waals surface area contributed by atoms with Gasteiger partial charge in [-0.05, 0) is 120 Å². The molecule has 0 bridgehead atoms. The molecule has 0 saturated carbocycles. The summed E-state index contributed by atoms with van der Waals surface area (Å²) in [7, 11) is 0. The van der Waals surface area contributed by atoms with Crippen LogP contribution in [-0.2, 0) is 0 Å². The Balaban J connectivity index is 1.13. The van der Waals surface area contributed by atoms with E-state index in [-0.39, 0.29) is 35.4 Å². The first kappa shape index (κ1) is 31.4. The molecule has 0 aliphatic heterocycles. The summed E-state index contributed by atoms with van der Waals surface area (Å²) in [5, 5.41) is 2.29. The standard InChI is InChI=1S/C58H41N/c1-5-15-42(16-6-1)43-25-33-51(34-26-43)59(53-37-29-49(30-38-53)58-55-24-14-13-23-48(55)31-40-56(58)46-19-9-3-10-20-46)52-35-27-44(28-36-52)50-32-39-54(45-17-7-2-8-18-45)57(41-50)47-21-11-4-12-22-47/h1-41H/i27D,28D,35D,36D. The molecule has 0 heterocycles. The van der Waals surface area contributed by atoms with Crippen molar-refractivity contribution in [3.63, 3.8) is 0 Å². The number of anilines is 3. The molecule has 0 atom stereocenters. The molecule has 0 fully saturated rings. The van der Waals surface area contributed by atoms with Gasteiger partial charge < -0.3 is 4.90 Å². The average Bonchev–Trinajstić information content (AvgIpc) is 3.35. The Morgan fingerprint density at radius 2 is 0.712 bits per heavy atom. The smallest absolute Gasteiger partial charge is 0.0645 e. The normalized spacial score (nSPS) is 12.0. The lowest BCUT2D eigenvalue weighted by atomic mass is 9.89. The number of fused-ring (bicyclic) bond motifs is 1. The molecule has 1 nitrogen and oxygen atoms in total. The molecular weight excluding hydrogens is 711 g/mol. The van der Waals surface area contributed by atoms with Gasteiger partial charge in [0.1, 0.15) is 0 Å². The van der Waals surface area contributed by atoms with Crippen molar-refractivity contribution in [2.75, 3.05) is 4.90 Å². The summed E-state index contributed by atoms with van der Waals surface area (Å²) in [6, 6.07) is 75.4. The maximum Gasteiger partial charge on any atom is 0.0645 e. The Morgan fingerprint density at radius 3 is 1.31 bits per heavy atom. The number of benzene rings is 10. The Kier molecular flexibility index (Phi) is 8.51. The molecule has 0 radical (unpaired) electrons. The van der Waals surface area contributed by atoms with E-state index in [4.69, 9.17) is 0 Å². The molecule has 10 aromatic rings. The molecule has 0 saturated heterocycles. The van der Waals surface area contributed by atoms with E-state index in [9.17, 15) is 5.48 Å². The highest BCUT2D eigenvalue weighted by molar-refractivity contribution is 6.04. The highest BCUT2D eigenvalue weighted by Gasteiger charge is 2.17. The lowest BCUT2D eigenvalue weighted by molar-refractivity contribution is 1.28. The molecule has 0 spiro atoms. The van der Waals surface area contributed by atoms with Crippen LogP contribution in [0.5, 0.6) is 0 Å². The van der Waals surface area contributed by atoms with Crippen LogP contribution >= 0.6 is 0 Å². The van der Waals surface area contributed by atoms with Gasteiger partial charge in [0.05, 0.1) is 5.48 Å². The van der Waals surface area contributed by atoms with E-state index in [1.165, 1.54) is 0 Å². The molecular formula is C58H41N. The Morgan fingerprint density at radius 1 is 0.271 bits per heavy atom.